The lowest BCUT2D eigenvalue weighted by Gasteiger charge is -2.38. The highest BCUT2D eigenvalue weighted by Gasteiger charge is 2.53. The fourth-order valence-corrected chi connectivity index (χ4v) is 4.20. The number of hydrogen-bond acceptors (Lipinski definition) is 5. The summed E-state index contributed by atoms with van der Waals surface area (Å²) in [5.74, 6) is -3.05. The molecule has 3 heterocycles. The summed E-state index contributed by atoms with van der Waals surface area (Å²) in [5, 5.41) is 3.39. The summed E-state index contributed by atoms with van der Waals surface area (Å²) in [6.07, 6.45) is -2.32. The van der Waals surface area contributed by atoms with Crippen molar-refractivity contribution in [3.8, 4) is 0 Å². The lowest BCUT2D eigenvalue weighted by atomic mass is 9.95. The van der Waals surface area contributed by atoms with E-state index in [1.165, 1.54) is 0 Å². The number of carbonyl (C=O) groups excluding carboxylic acids is 1. The van der Waals surface area contributed by atoms with Crippen LogP contribution >= 0.6 is 0 Å². The van der Waals surface area contributed by atoms with Gasteiger partial charge in [0.25, 0.3) is 0 Å². The molecule has 3 N–H and O–H groups in total. The van der Waals surface area contributed by atoms with Crippen molar-refractivity contribution in [1.29, 1.82) is 0 Å². The molecule has 1 aromatic carbocycles. The summed E-state index contributed by atoms with van der Waals surface area (Å²) in [5.41, 5.74) is 7.64. The van der Waals surface area contributed by atoms with E-state index in [1.54, 1.807) is 4.90 Å². The van der Waals surface area contributed by atoms with Crippen LogP contribution in [-0.4, -0.2) is 48.8 Å². The van der Waals surface area contributed by atoms with Crippen molar-refractivity contribution in [2.75, 3.05) is 25.0 Å². The molecule has 2 saturated heterocycles. The molecule has 1 amide bonds. The van der Waals surface area contributed by atoms with E-state index in [4.69, 9.17) is 4.74 Å². The number of fused-ring (bicyclic) bond motifs is 1. The molecule has 6 nitrogen and oxygen atoms in total. The Morgan fingerprint density at radius 3 is 2.89 bits per heavy atom. The molecule has 3 atom stereocenters. The van der Waals surface area contributed by atoms with Gasteiger partial charge in [0.2, 0.25) is 5.91 Å². The molecule has 3 unspecified atom stereocenters. The van der Waals surface area contributed by atoms with Gasteiger partial charge in [0.1, 0.15) is 0 Å². The van der Waals surface area contributed by atoms with Gasteiger partial charge in [-0.3, -0.25) is 15.1 Å². The number of nitrogens with one attached hydrogen (secondary N) is 3. The highest BCUT2D eigenvalue weighted by atomic mass is 19.4. The number of ether oxygens (including phenoxy) is 1. The third-order valence-electron chi connectivity index (χ3n) is 5.56. The number of rotatable bonds is 4. The van der Waals surface area contributed by atoms with Gasteiger partial charge in [-0.15, -0.1) is 0 Å². The lowest BCUT2D eigenvalue weighted by molar-refractivity contribution is -0.201. The van der Waals surface area contributed by atoms with Crippen LogP contribution in [0.25, 0.3) is 0 Å². The first-order valence-electron chi connectivity index (χ1n) is 9.23. The predicted molar refractivity (Wildman–Crippen MR) is 92.6 cm³/mol. The molecule has 1 aromatic rings. The second kappa shape index (κ2) is 7.29. The van der Waals surface area contributed by atoms with Gasteiger partial charge in [0, 0.05) is 44.5 Å². The maximum absolute atomic E-state index is 13.5. The monoisotopic (exact) mass is 384 g/mol. The molecular formula is C18H23F3N4O2. The number of amides is 1. The molecule has 0 saturated carbocycles. The van der Waals surface area contributed by atoms with E-state index < -0.39 is 24.0 Å². The Labute approximate surface area is 155 Å². The minimum atomic E-state index is -4.58. The average Bonchev–Trinajstić information content (AvgIpc) is 3.28. The third kappa shape index (κ3) is 3.76. The van der Waals surface area contributed by atoms with E-state index in [0.29, 0.717) is 19.6 Å². The Morgan fingerprint density at radius 1 is 1.30 bits per heavy atom. The van der Waals surface area contributed by atoms with E-state index in [2.05, 4.69) is 16.2 Å². The smallest absolute Gasteiger partial charge is 0.382 e. The zero-order chi connectivity index (χ0) is 19.0. The molecule has 0 aliphatic carbocycles. The van der Waals surface area contributed by atoms with Gasteiger partial charge < -0.3 is 10.1 Å². The summed E-state index contributed by atoms with van der Waals surface area (Å²) in [6.45, 7) is 2.31. The number of hydrazine groups is 1. The van der Waals surface area contributed by atoms with Gasteiger partial charge in [-0.05, 0) is 30.0 Å². The summed E-state index contributed by atoms with van der Waals surface area (Å²) < 4.78 is 46.0. The topological polar surface area (TPSA) is 65.6 Å². The molecule has 3 aliphatic heterocycles. The van der Waals surface area contributed by atoms with Crippen LogP contribution in [-0.2, 0) is 22.6 Å². The Morgan fingerprint density at radius 2 is 2.15 bits per heavy atom. The van der Waals surface area contributed by atoms with Crippen molar-refractivity contribution < 1.29 is 22.7 Å². The first-order chi connectivity index (χ1) is 12.9. The zero-order valence-corrected chi connectivity index (χ0v) is 14.8. The average molecular weight is 384 g/mol. The van der Waals surface area contributed by atoms with Crippen LogP contribution in [0.4, 0.5) is 18.9 Å². The van der Waals surface area contributed by atoms with E-state index in [0.717, 1.165) is 36.3 Å². The van der Waals surface area contributed by atoms with E-state index in [-0.39, 0.29) is 12.6 Å². The molecule has 0 bridgehead atoms. The second-order valence-electron chi connectivity index (χ2n) is 7.32. The molecular weight excluding hydrogens is 361 g/mol. The molecule has 9 heteroatoms. The number of alkyl halides is 3. The first-order valence-corrected chi connectivity index (χ1v) is 9.23. The quantitative estimate of drug-likeness (QED) is 0.739. The summed E-state index contributed by atoms with van der Waals surface area (Å²) in [7, 11) is 0. The highest BCUT2D eigenvalue weighted by Crippen LogP contribution is 2.37. The van der Waals surface area contributed by atoms with Crippen LogP contribution in [0.3, 0.4) is 0 Å². The maximum atomic E-state index is 13.5. The SMILES string of the molecule is O=C1NNCC(N2Cc3cccc(NCC4CCCO4)c3C2)C1C(F)(F)F. The molecule has 27 heavy (non-hydrogen) atoms. The summed E-state index contributed by atoms with van der Waals surface area (Å²) >= 11 is 0. The van der Waals surface area contributed by atoms with Crippen LogP contribution in [0.2, 0.25) is 0 Å². The zero-order valence-electron chi connectivity index (χ0n) is 14.8. The lowest BCUT2D eigenvalue weighted by Crippen LogP contribution is -2.63. The second-order valence-corrected chi connectivity index (χ2v) is 7.32. The normalized spacial score (nSPS) is 28.9. The fourth-order valence-electron chi connectivity index (χ4n) is 4.20. The summed E-state index contributed by atoms with van der Waals surface area (Å²) in [6, 6.07) is 4.86. The predicted octanol–water partition coefficient (Wildman–Crippen LogP) is 1.77. The highest BCUT2D eigenvalue weighted by molar-refractivity contribution is 5.80. The van der Waals surface area contributed by atoms with Crippen molar-refractivity contribution in [3.05, 3.63) is 29.3 Å². The van der Waals surface area contributed by atoms with E-state index in [9.17, 15) is 18.0 Å². The van der Waals surface area contributed by atoms with Crippen molar-refractivity contribution in [2.45, 2.75) is 44.3 Å². The van der Waals surface area contributed by atoms with Crippen LogP contribution in [0, 0.1) is 5.92 Å². The molecule has 0 aromatic heterocycles. The van der Waals surface area contributed by atoms with Crippen molar-refractivity contribution in [3.63, 3.8) is 0 Å². The summed E-state index contributed by atoms with van der Waals surface area (Å²) in [4.78, 5) is 13.6. The Bertz CT molecular complexity index is 706. The number of carbonyl (C=O) groups is 1. The number of benzene rings is 1. The minimum absolute atomic E-state index is 0.0581. The maximum Gasteiger partial charge on any atom is 0.402 e. The van der Waals surface area contributed by atoms with Gasteiger partial charge in [-0.25, -0.2) is 5.43 Å². The standard InChI is InChI=1S/C18H23F3N4O2/c19-18(20,21)16-15(8-23-24-17(16)26)25-9-11-3-1-5-14(13(11)10-25)22-7-12-4-2-6-27-12/h1,3,5,12,15-16,22-23H,2,4,6-10H2,(H,24,26). The van der Waals surface area contributed by atoms with E-state index in [1.807, 2.05) is 18.2 Å². The molecule has 3 aliphatic rings. The molecule has 148 valence electrons. The fraction of sp³-hybridized carbons (Fsp3) is 0.611. The van der Waals surface area contributed by atoms with Crippen molar-refractivity contribution >= 4 is 11.6 Å². The van der Waals surface area contributed by atoms with E-state index >= 15 is 0 Å². The van der Waals surface area contributed by atoms with Gasteiger partial charge >= 0.3 is 6.18 Å². The Balaban J connectivity index is 1.49. The van der Waals surface area contributed by atoms with Gasteiger partial charge in [0.05, 0.1) is 6.10 Å². The van der Waals surface area contributed by atoms with Crippen molar-refractivity contribution in [2.24, 2.45) is 5.92 Å². The molecule has 0 spiro atoms. The van der Waals surface area contributed by atoms with Gasteiger partial charge in [0.15, 0.2) is 5.92 Å². The Kier molecular flexibility index (Phi) is 5.00. The van der Waals surface area contributed by atoms with Crippen LogP contribution in [0.1, 0.15) is 24.0 Å². The van der Waals surface area contributed by atoms with Crippen LogP contribution in [0.5, 0.6) is 0 Å². The molecule has 2 fully saturated rings. The minimum Gasteiger partial charge on any atom is -0.382 e. The Hall–Kier alpha value is -1.84. The first kappa shape index (κ1) is 18.5. The van der Waals surface area contributed by atoms with Crippen LogP contribution < -0.4 is 16.2 Å². The number of halogens is 3. The molecule has 4 rings (SSSR count). The largest absolute Gasteiger partial charge is 0.402 e. The van der Waals surface area contributed by atoms with Gasteiger partial charge in [-0.1, -0.05) is 12.1 Å². The number of hydrogen-bond donors (Lipinski definition) is 3. The third-order valence-corrected chi connectivity index (χ3v) is 5.56. The van der Waals surface area contributed by atoms with Crippen molar-refractivity contribution in [1.82, 2.24) is 15.8 Å². The van der Waals surface area contributed by atoms with Crippen LogP contribution in [0.15, 0.2) is 18.2 Å². The van der Waals surface area contributed by atoms with Gasteiger partial charge in [-0.2, -0.15) is 13.2 Å². The number of nitrogens with zero attached hydrogens (tertiary/aromatic N) is 1. The molecule has 0 radical (unpaired) electrons. The number of anilines is 1.